The van der Waals surface area contributed by atoms with Gasteiger partial charge in [0.05, 0.1) is 11.9 Å². The minimum absolute atomic E-state index is 0.171. The van der Waals surface area contributed by atoms with Crippen molar-refractivity contribution in [2.24, 2.45) is 0 Å². The molecule has 0 aromatic heterocycles. The summed E-state index contributed by atoms with van der Waals surface area (Å²) in [6.45, 7) is 9.48. The van der Waals surface area contributed by atoms with Crippen LogP contribution in [0.2, 0.25) is 0 Å². The molecule has 0 radical (unpaired) electrons. The predicted molar refractivity (Wildman–Crippen MR) is 46.3 cm³/mol. The summed E-state index contributed by atoms with van der Waals surface area (Å²) in [6.07, 6.45) is 1.25. The molecule has 0 heterocycles. The van der Waals surface area contributed by atoms with Gasteiger partial charge in [-0.3, -0.25) is 0 Å². The van der Waals surface area contributed by atoms with Crippen molar-refractivity contribution < 1.29 is 9.84 Å². The van der Waals surface area contributed by atoms with Crippen molar-refractivity contribution in [3.8, 4) is 0 Å². The molecular formula is C9H18O2. The van der Waals surface area contributed by atoms with E-state index in [-0.39, 0.29) is 5.60 Å². The largest absolute Gasteiger partial charge is 0.493 e. The van der Waals surface area contributed by atoms with Crippen LogP contribution in [0.1, 0.15) is 34.6 Å². The monoisotopic (exact) mass is 158 g/mol. The van der Waals surface area contributed by atoms with Crippen molar-refractivity contribution >= 4 is 0 Å². The molecule has 66 valence electrons. The molecule has 0 saturated heterocycles. The maximum atomic E-state index is 8.96. The minimum atomic E-state index is -0.433. The van der Waals surface area contributed by atoms with Crippen LogP contribution in [0.5, 0.6) is 0 Å². The molecule has 0 saturated carbocycles. The zero-order valence-corrected chi connectivity index (χ0v) is 8.01. The van der Waals surface area contributed by atoms with Gasteiger partial charge in [-0.2, -0.15) is 0 Å². The number of aliphatic hydroxyl groups is 1. The van der Waals surface area contributed by atoms with E-state index in [2.05, 4.69) is 0 Å². The highest BCUT2D eigenvalue weighted by Crippen LogP contribution is 2.12. The molecule has 1 N–H and O–H groups in total. The summed E-state index contributed by atoms with van der Waals surface area (Å²) >= 11 is 0. The maximum absolute atomic E-state index is 8.96. The van der Waals surface area contributed by atoms with Gasteiger partial charge in [-0.05, 0) is 40.7 Å². The third-order valence-electron chi connectivity index (χ3n) is 0.943. The van der Waals surface area contributed by atoms with Crippen molar-refractivity contribution in [1.29, 1.82) is 0 Å². The van der Waals surface area contributed by atoms with Gasteiger partial charge in [0.2, 0.25) is 0 Å². The first-order valence-corrected chi connectivity index (χ1v) is 3.87. The second kappa shape index (κ2) is 3.77. The summed E-state index contributed by atoms with van der Waals surface area (Å²) < 4.78 is 5.45. The molecule has 0 aliphatic carbocycles. The summed E-state index contributed by atoms with van der Waals surface area (Å²) in [5.41, 5.74) is -0.171. The molecule has 0 spiro atoms. The molecule has 0 aliphatic heterocycles. The SMILES string of the molecule is C/C(=C/C(C)O)OC(C)(C)C. The van der Waals surface area contributed by atoms with E-state index in [0.717, 1.165) is 5.76 Å². The molecule has 0 amide bonds. The zero-order valence-electron chi connectivity index (χ0n) is 8.01. The second-order valence-corrected chi connectivity index (χ2v) is 3.73. The highest BCUT2D eigenvalue weighted by Gasteiger charge is 2.10. The number of hydrogen-bond acceptors (Lipinski definition) is 2. The summed E-state index contributed by atoms with van der Waals surface area (Å²) in [4.78, 5) is 0. The van der Waals surface area contributed by atoms with E-state index >= 15 is 0 Å². The normalized spacial score (nSPS) is 16.4. The Hall–Kier alpha value is -0.500. The molecule has 11 heavy (non-hydrogen) atoms. The van der Waals surface area contributed by atoms with Gasteiger partial charge in [0.1, 0.15) is 5.60 Å². The lowest BCUT2D eigenvalue weighted by atomic mass is 10.2. The molecule has 0 fully saturated rings. The molecule has 2 nitrogen and oxygen atoms in total. The standard InChI is InChI=1S/C9H18O2/c1-7(10)6-8(2)11-9(3,4)5/h6-7,10H,1-5H3/b8-6-. The molecular weight excluding hydrogens is 140 g/mol. The first-order chi connectivity index (χ1) is 4.81. The van der Waals surface area contributed by atoms with Gasteiger partial charge in [-0.25, -0.2) is 0 Å². The topological polar surface area (TPSA) is 29.5 Å². The molecule has 1 unspecified atom stereocenters. The fourth-order valence-electron chi connectivity index (χ4n) is 0.857. The highest BCUT2D eigenvalue weighted by molar-refractivity contribution is 4.93. The Morgan fingerprint density at radius 3 is 2.18 bits per heavy atom. The van der Waals surface area contributed by atoms with Crippen LogP contribution in [0, 0.1) is 0 Å². The smallest absolute Gasteiger partial charge is 0.100 e. The van der Waals surface area contributed by atoms with Crippen LogP contribution in [0.4, 0.5) is 0 Å². The van der Waals surface area contributed by atoms with Crippen molar-refractivity contribution in [3.05, 3.63) is 11.8 Å². The Balaban J connectivity index is 3.97. The lowest BCUT2D eigenvalue weighted by Gasteiger charge is -2.21. The highest BCUT2D eigenvalue weighted by atomic mass is 16.5. The van der Waals surface area contributed by atoms with E-state index in [0.29, 0.717) is 0 Å². The van der Waals surface area contributed by atoms with Gasteiger partial charge in [-0.1, -0.05) is 0 Å². The Morgan fingerprint density at radius 1 is 1.45 bits per heavy atom. The summed E-state index contributed by atoms with van der Waals surface area (Å²) in [6, 6.07) is 0. The van der Waals surface area contributed by atoms with Crippen LogP contribution in [0.15, 0.2) is 11.8 Å². The molecule has 1 atom stereocenters. The Morgan fingerprint density at radius 2 is 1.91 bits per heavy atom. The van der Waals surface area contributed by atoms with Gasteiger partial charge in [0.25, 0.3) is 0 Å². The van der Waals surface area contributed by atoms with Crippen LogP contribution in [-0.2, 0) is 4.74 Å². The quantitative estimate of drug-likeness (QED) is 0.623. The molecule has 2 heteroatoms. The third kappa shape index (κ3) is 7.40. The molecule has 0 aromatic carbocycles. The van der Waals surface area contributed by atoms with Crippen LogP contribution >= 0.6 is 0 Å². The number of hydrogen-bond donors (Lipinski definition) is 1. The summed E-state index contributed by atoms with van der Waals surface area (Å²) in [7, 11) is 0. The minimum Gasteiger partial charge on any atom is -0.493 e. The second-order valence-electron chi connectivity index (χ2n) is 3.73. The van der Waals surface area contributed by atoms with Gasteiger partial charge in [0.15, 0.2) is 0 Å². The zero-order chi connectivity index (χ0) is 9.07. The first kappa shape index (κ1) is 10.5. The number of aliphatic hydroxyl groups excluding tert-OH is 1. The Bertz CT molecular complexity index is 140. The van der Waals surface area contributed by atoms with E-state index < -0.39 is 6.10 Å². The lowest BCUT2D eigenvalue weighted by molar-refractivity contribution is 0.0506. The Labute approximate surface area is 68.9 Å². The lowest BCUT2D eigenvalue weighted by Crippen LogP contribution is -2.18. The Kier molecular flexibility index (Phi) is 3.59. The van der Waals surface area contributed by atoms with Gasteiger partial charge >= 0.3 is 0 Å². The van der Waals surface area contributed by atoms with Crippen molar-refractivity contribution in [1.82, 2.24) is 0 Å². The van der Waals surface area contributed by atoms with Crippen molar-refractivity contribution in [3.63, 3.8) is 0 Å². The first-order valence-electron chi connectivity index (χ1n) is 3.87. The van der Waals surface area contributed by atoms with Gasteiger partial charge in [0, 0.05) is 0 Å². The third-order valence-corrected chi connectivity index (χ3v) is 0.943. The van der Waals surface area contributed by atoms with E-state index in [1.165, 1.54) is 0 Å². The van der Waals surface area contributed by atoms with Crippen LogP contribution in [0.25, 0.3) is 0 Å². The fourth-order valence-corrected chi connectivity index (χ4v) is 0.857. The number of allylic oxidation sites excluding steroid dienone is 1. The number of ether oxygens (including phenoxy) is 1. The summed E-state index contributed by atoms with van der Waals surface area (Å²) in [5, 5.41) is 8.96. The van der Waals surface area contributed by atoms with E-state index in [1.54, 1.807) is 13.0 Å². The van der Waals surface area contributed by atoms with E-state index in [1.807, 2.05) is 27.7 Å². The average molecular weight is 158 g/mol. The van der Waals surface area contributed by atoms with Crippen LogP contribution in [-0.4, -0.2) is 16.8 Å². The van der Waals surface area contributed by atoms with Crippen molar-refractivity contribution in [2.45, 2.75) is 46.3 Å². The van der Waals surface area contributed by atoms with Gasteiger partial charge in [-0.15, -0.1) is 0 Å². The number of rotatable bonds is 2. The molecule has 0 bridgehead atoms. The van der Waals surface area contributed by atoms with E-state index in [9.17, 15) is 0 Å². The molecule has 0 aliphatic rings. The van der Waals surface area contributed by atoms with Gasteiger partial charge < -0.3 is 9.84 Å². The molecule has 0 aromatic rings. The van der Waals surface area contributed by atoms with Crippen LogP contribution < -0.4 is 0 Å². The predicted octanol–water partition coefficient (Wildman–Crippen LogP) is 2.09. The summed E-state index contributed by atoms with van der Waals surface area (Å²) in [5.74, 6) is 0.771. The maximum Gasteiger partial charge on any atom is 0.100 e. The van der Waals surface area contributed by atoms with Crippen molar-refractivity contribution in [2.75, 3.05) is 0 Å². The van der Waals surface area contributed by atoms with Crippen LogP contribution in [0.3, 0.4) is 0 Å². The molecule has 0 rings (SSSR count). The fraction of sp³-hybridized carbons (Fsp3) is 0.778. The average Bonchev–Trinajstić information content (AvgIpc) is 1.53. The van der Waals surface area contributed by atoms with E-state index in [4.69, 9.17) is 9.84 Å².